The van der Waals surface area contributed by atoms with Gasteiger partial charge in [-0.25, -0.2) is 0 Å². The van der Waals surface area contributed by atoms with Crippen LogP contribution in [-0.4, -0.2) is 3.54 Å². The molecule has 0 saturated carbocycles. The SMILES string of the molecule is C=C(C)[C](=O)[Hf]. The molecule has 0 heterocycles. The zero-order chi connectivity index (χ0) is 5.15. The molecule has 0 aliphatic rings. The second-order valence-electron chi connectivity index (χ2n) is 1.11. The Morgan fingerprint density at radius 1 is 1.83 bits per heavy atom. The Kier molecular flexibility index (Phi) is 2.57. The molecule has 6 heavy (non-hydrogen) atoms. The summed E-state index contributed by atoms with van der Waals surface area (Å²) >= 11 is 0.615. The van der Waals surface area contributed by atoms with Crippen LogP contribution in [0, 0.1) is 0 Å². The van der Waals surface area contributed by atoms with Crippen molar-refractivity contribution in [3.63, 3.8) is 0 Å². The predicted octanol–water partition coefficient (Wildman–Crippen LogP) is 0.636. The van der Waals surface area contributed by atoms with Gasteiger partial charge in [0.25, 0.3) is 0 Å². The molecule has 0 aromatic carbocycles. The molecule has 0 aromatic rings. The molecule has 0 spiro atoms. The summed E-state index contributed by atoms with van der Waals surface area (Å²) in [7, 11) is 0. The quantitative estimate of drug-likeness (QED) is 0.491. The van der Waals surface area contributed by atoms with E-state index >= 15 is 0 Å². The summed E-state index contributed by atoms with van der Waals surface area (Å²) in [4.78, 5) is 10.1. The minimum absolute atomic E-state index is 0.204. The molecule has 0 aliphatic carbocycles. The van der Waals surface area contributed by atoms with Gasteiger partial charge in [-0.2, -0.15) is 0 Å². The summed E-state index contributed by atoms with van der Waals surface area (Å²) in [5.74, 6) is 0. The third-order valence-electron chi connectivity index (χ3n) is 0.388. The van der Waals surface area contributed by atoms with Gasteiger partial charge in [-0.05, 0) is 0 Å². The second kappa shape index (κ2) is 2.45. The molecule has 0 amide bonds. The van der Waals surface area contributed by atoms with Crippen molar-refractivity contribution in [3.8, 4) is 0 Å². The third-order valence-corrected chi connectivity index (χ3v) is 1.92. The van der Waals surface area contributed by atoms with Crippen molar-refractivity contribution in [3.05, 3.63) is 12.2 Å². The molecular weight excluding hydrogens is 243 g/mol. The summed E-state index contributed by atoms with van der Waals surface area (Å²) in [6.07, 6.45) is 0. The second-order valence-corrected chi connectivity index (χ2v) is 2.74. The van der Waals surface area contributed by atoms with Gasteiger partial charge in [-0.3, -0.25) is 0 Å². The molecule has 0 saturated heterocycles. The fourth-order valence-corrected chi connectivity index (χ4v) is 0. The maximum absolute atomic E-state index is 10.1. The van der Waals surface area contributed by atoms with Crippen LogP contribution in [0.5, 0.6) is 0 Å². The van der Waals surface area contributed by atoms with Gasteiger partial charge in [0, 0.05) is 0 Å². The first-order valence-electron chi connectivity index (χ1n) is 1.56. The van der Waals surface area contributed by atoms with Gasteiger partial charge in [0.2, 0.25) is 0 Å². The molecule has 0 bridgehead atoms. The van der Waals surface area contributed by atoms with E-state index in [1.807, 2.05) is 0 Å². The number of hydrogen-bond acceptors (Lipinski definition) is 1. The summed E-state index contributed by atoms with van der Waals surface area (Å²) in [6.45, 7) is 5.17. The van der Waals surface area contributed by atoms with Crippen LogP contribution in [0.4, 0.5) is 0 Å². The molecule has 0 N–H and O–H groups in total. The van der Waals surface area contributed by atoms with Crippen LogP contribution < -0.4 is 0 Å². The van der Waals surface area contributed by atoms with Crippen molar-refractivity contribution in [1.29, 1.82) is 0 Å². The Hall–Kier alpha value is 0.280. The van der Waals surface area contributed by atoms with Crippen LogP contribution in [0.2, 0.25) is 0 Å². The molecular formula is C4H5HfO. The van der Waals surface area contributed by atoms with Crippen LogP contribution in [-0.2, 0) is 29.2 Å². The van der Waals surface area contributed by atoms with E-state index in [2.05, 4.69) is 6.58 Å². The fourth-order valence-electron chi connectivity index (χ4n) is 0. The van der Waals surface area contributed by atoms with E-state index in [4.69, 9.17) is 0 Å². The van der Waals surface area contributed by atoms with Gasteiger partial charge < -0.3 is 0 Å². The van der Waals surface area contributed by atoms with E-state index in [1.54, 1.807) is 6.92 Å². The van der Waals surface area contributed by atoms with Crippen LogP contribution in [0.1, 0.15) is 6.92 Å². The van der Waals surface area contributed by atoms with Crippen LogP contribution >= 0.6 is 0 Å². The van der Waals surface area contributed by atoms with E-state index in [0.717, 1.165) is 0 Å². The first-order chi connectivity index (χ1) is 2.64. The molecule has 0 atom stereocenters. The fraction of sp³-hybridized carbons (Fsp3) is 0.250. The molecule has 0 radical (unpaired) electrons. The van der Waals surface area contributed by atoms with E-state index in [0.29, 0.717) is 29.9 Å². The maximum atomic E-state index is 10.1. The van der Waals surface area contributed by atoms with E-state index < -0.39 is 0 Å². The molecule has 0 fully saturated rings. The third kappa shape index (κ3) is 2.51. The van der Waals surface area contributed by atoms with Gasteiger partial charge in [0.1, 0.15) is 0 Å². The zero-order valence-corrected chi connectivity index (χ0v) is 7.21. The zero-order valence-electron chi connectivity index (χ0n) is 3.62. The van der Waals surface area contributed by atoms with Crippen LogP contribution in [0.3, 0.4) is 0 Å². The molecule has 0 rings (SSSR count). The normalized spacial score (nSPS) is 7.33. The molecule has 1 nitrogen and oxygen atoms in total. The van der Waals surface area contributed by atoms with Crippen molar-refractivity contribution >= 4 is 3.54 Å². The van der Waals surface area contributed by atoms with E-state index in [-0.39, 0.29) is 3.54 Å². The van der Waals surface area contributed by atoms with Crippen molar-refractivity contribution in [2.45, 2.75) is 6.92 Å². The number of carbonyl (C=O) groups is 1. The average Bonchev–Trinajstić information content (AvgIpc) is 1.36. The Bertz CT molecular complexity index is 73.5. The van der Waals surface area contributed by atoms with Gasteiger partial charge in [0.15, 0.2) is 0 Å². The molecule has 0 unspecified atom stereocenters. The minimum atomic E-state index is 0.204. The monoisotopic (exact) mass is 249 g/mol. The standard InChI is InChI=1S/C4H5O.Hf/c1-4(2)3-5;/h1H2,2H3;. The molecule has 31 valence electrons. The topological polar surface area (TPSA) is 17.1 Å². The Balaban J connectivity index is 3.57. The molecule has 0 aliphatic heterocycles. The van der Waals surface area contributed by atoms with Crippen molar-refractivity contribution in [2.75, 3.05) is 0 Å². The summed E-state index contributed by atoms with van der Waals surface area (Å²) in [6, 6.07) is 0. The first kappa shape index (κ1) is 6.28. The van der Waals surface area contributed by atoms with Crippen molar-refractivity contribution < 1.29 is 29.2 Å². The summed E-state index contributed by atoms with van der Waals surface area (Å²) in [5, 5.41) is 0. The Morgan fingerprint density at radius 2 is 2.00 bits per heavy atom. The predicted molar refractivity (Wildman–Crippen MR) is 19.8 cm³/mol. The first-order valence-corrected chi connectivity index (χ1v) is 3.35. The number of carbonyl (C=O) groups excluding carboxylic acids is 1. The van der Waals surface area contributed by atoms with Crippen LogP contribution in [0.15, 0.2) is 12.2 Å². The number of hydrogen-bond donors (Lipinski definition) is 0. The molecule has 0 aromatic heterocycles. The van der Waals surface area contributed by atoms with E-state index in [1.165, 1.54) is 0 Å². The summed E-state index contributed by atoms with van der Waals surface area (Å²) < 4.78 is 0.204. The van der Waals surface area contributed by atoms with Crippen molar-refractivity contribution in [2.24, 2.45) is 0 Å². The number of allylic oxidation sites excluding steroid dienone is 1. The van der Waals surface area contributed by atoms with Gasteiger partial charge in [-0.1, -0.05) is 0 Å². The Morgan fingerprint density at radius 3 is 2.00 bits per heavy atom. The molecule has 2 heteroatoms. The van der Waals surface area contributed by atoms with Gasteiger partial charge in [0.05, 0.1) is 0 Å². The van der Waals surface area contributed by atoms with Gasteiger partial charge in [-0.15, -0.1) is 0 Å². The van der Waals surface area contributed by atoms with Crippen molar-refractivity contribution in [1.82, 2.24) is 0 Å². The summed E-state index contributed by atoms with van der Waals surface area (Å²) in [5.41, 5.74) is 0.682. The van der Waals surface area contributed by atoms with Gasteiger partial charge >= 0.3 is 51.8 Å². The average molecular weight is 248 g/mol. The number of rotatable bonds is 1. The van der Waals surface area contributed by atoms with E-state index in [9.17, 15) is 4.79 Å². The Labute approximate surface area is 52.0 Å². The van der Waals surface area contributed by atoms with Crippen LogP contribution in [0.25, 0.3) is 0 Å².